The molecule has 0 bridgehead atoms. The fraction of sp³-hybridized carbons (Fsp3) is 0.588. The molecule has 0 radical (unpaired) electrons. The molecule has 0 aliphatic carbocycles. The Balaban J connectivity index is 0.00000312. The van der Waals surface area contributed by atoms with E-state index in [1.165, 1.54) is 18.6 Å². The van der Waals surface area contributed by atoms with Crippen LogP contribution < -0.4 is 10.6 Å². The largest absolute Gasteiger partial charge is 0.324 e. The van der Waals surface area contributed by atoms with Crippen LogP contribution in [0.2, 0.25) is 0 Å². The summed E-state index contributed by atoms with van der Waals surface area (Å²) in [6, 6.07) is 4.51. The first-order valence-corrected chi connectivity index (χ1v) is 8.41. The van der Waals surface area contributed by atoms with Crippen molar-refractivity contribution in [2.75, 3.05) is 38.5 Å². The van der Waals surface area contributed by atoms with Gasteiger partial charge >= 0.3 is 0 Å². The summed E-state index contributed by atoms with van der Waals surface area (Å²) in [6.07, 6.45) is 3.42. The van der Waals surface area contributed by atoms with E-state index in [2.05, 4.69) is 15.5 Å². The highest BCUT2D eigenvalue weighted by molar-refractivity contribution is 5.93. The Bertz CT molecular complexity index is 589. The number of halogens is 1. The Morgan fingerprint density at radius 3 is 2.64 bits per heavy atom. The van der Waals surface area contributed by atoms with Gasteiger partial charge in [0, 0.05) is 12.1 Å². The van der Waals surface area contributed by atoms with Crippen molar-refractivity contribution >= 4 is 29.7 Å². The molecule has 25 heavy (non-hydrogen) atoms. The minimum absolute atomic E-state index is 0. The Kier molecular flexibility index (Phi) is 8.82. The number of non-ortho nitro benzene ring substituents is 1. The summed E-state index contributed by atoms with van der Waals surface area (Å²) in [7, 11) is 1.97. The van der Waals surface area contributed by atoms with Crippen molar-refractivity contribution in [1.82, 2.24) is 10.2 Å². The minimum atomic E-state index is -0.453. The van der Waals surface area contributed by atoms with Gasteiger partial charge in [0.2, 0.25) is 5.91 Å². The van der Waals surface area contributed by atoms with Crippen LogP contribution in [0.15, 0.2) is 18.2 Å². The molecule has 2 N–H and O–H groups in total. The summed E-state index contributed by atoms with van der Waals surface area (Å²) in [5.41, 5.74) is 1.32. The molecular weight excluding hydrogens is 344 g/mol. The highest BCUT2D eigenvalue weighted by Gasteiger charge is 2.21. The Hall–Kier alpha value is -1.70. The van der Waals surface area contributed by atoms with Gasteiger partial charge in [0.25, 0.3) is 5.69 Å². The molecule has 7 nitrogen and oxygen atoms in total. The molecular formula is C17H27ClN4O3. The molecule has 1 fully saturated rings. The van der Waals surface area contributed by atoms with E-state index >= 15 is 0 Å². The second-order valence-electron chi connectivity index (χ2n) is 6.42. The first kappa shape index (κ1) is 21.3. The third-order valence-electron chi connectivity index (χ3n) is 4.58. The first-order valence-electron chi connectivity index (χ1n) is 8.41. The van der Waals surface area contributed by atoms with Crippen LogP contribution in [0.5, 0.6) is 0 Å². The molecule has 0 aromatic heterocycles. The van der Waals surface area contributed by atoms with Gasteiger partial charge in [0.05, 0.1) is 17.2 Å². The predicted molar refractivity (Wildman–Crippen MR) is 101 cm³/mol. The normalized spacial score (nSPS) is 15.4. The van der Waals surface area contributed by atoms with E-state index in [-0.39, 0.29) is 24.0 Å². The van der Waals surface area contributed by atoms with Crippen molar-refractivity contribution < 1.29 is 9.72 Å². The fourth-order valence-electron chi connectivity index (χ4n) is 3.03. The maximum Gasteiger partial charge on any atom is 0.271 e. The number of rotatable bonds is 7. The summed E-state index contributed by atoms with van der Waals surface area (Å²) < 4.78 is 0. The van der Waals surface area contributed by atoms with Crippen molar-refractivity contribution in [3.05, 3.63) is 33.9 Å². The van der Waals surface area contributed by atoms with Crippen molar-refractivity contribution in [2.45, 2.75) is 26.2 Å². The number of nitro benzene ring substituents is 1. The Morgan fingerprint density at radius 1 is 1.36 bits per heavy atom. The van der Waals surface area contributed by atoms with E-state index in [0.717, 1.165) is 44.0 Å². The third-order valence-corrected chi connectivity index (χ3v) is 4.58. The highest BCUT2D eigenvalue weighted by Crippen LogP contribution is 2.23. The number of carbonyl (C=O) groups excluding carboxylic acids is 1. The molecule has 1 aromatic carbocycles. The number of nitrogens with zero attached hydrogens (tertiary/aromatic N) is 2. The van der Waals surface area contributed by atoms with Gasteiger partial charge in [0.1, 0.15) is 0 Å². The van der Waals surface area contributed by atoms with E-state index in [4.69, 9.17) is 0 Å². The molecule has 1 aliphatic rings. The summed E-state index contributed by atoms with van der Waals surface area (Å²) in [5, 5.41) is 16.8. The summed E-state index contributed by atoms with van der Waals surface area (Å²) in [4.78, 5) is 24.8. The lowest BCUT2D eigenvalue weighted by atomic mass is 9.93. The van der Waals surface area contributed by atoms with Crippen molar-refractivity contribution in [2.24, 2.45) is 5.92 Å². The molecule has 2 rings (SSSR count). The number of piperidine rings is 1. The Labute approximate surface area is 154 Å². The van der Waals surface area contributed by atoms with Crippen LogP contribution in [0.3, 0.4) is 0 Å². The molecule has 0 unspecified atom stereocenters. The number of benzene rings is 1. The molecule has 1 aliphatic heterocycles. The number of nitrogens with one attached hydrogen (secondary N) is 2. The van der Waals surface area contributed by atoms with Crippen LogP contribution in [0.4, 0.5) is 11.4 Å². The number of anilines is 1. The van der Waals surface area contributed by atoms with Gasteiger partial charge < -0.3 is 10.6 Å². The van der Waals surface area contributed by atoms with Crippen LogP contribution in [-0.2, 0) is 4.79 Å². The van der Waals surface area contributed by atoms with Gasteiger partial charge in [-0.3, -0.25) is 19.8 Å². The molecule has 0 spiro atoms. The number of likely N-dealkylation sites (tertiary alicyclic amines) is 1. The van der Waals surface area contributed by atoms with Gasteiger partial charge in [-0.05, 0) is 64.3 Å². The number of nitro groups is 1. The van der Waals surface area contributed by atoms with Crippen LogP contribution >= 0.6 is 12.4 Å². The molecule has 1 aromatic rings. The van der Waals surface area contributed by atoms with Crippen molar-refractivity contribution in [3.63, 3.8) is 0 Å². The zero-order chi connectivity index (χ0) is 17.5. The zero-order valence-corrected chi connectivity index (χ0v) is 15.6. The lowest BCUT2D eigenvalue weighted by Gasteiger charge is -2.31. The standard InChI is InChI=1S/C17H26N4O3.ClH/c1-13-3-4-15(21(23)24)11-16(13)19-17(22)12-20-9-6-14(7-10-20)5-8-18-2;/h3-4,11,14,18H,5-10,12H2,1-2H3,(H,19,22);1H. The number of carbonyl (C=O) groups is 1. The SMILES string of the molecule is CNCCC1CCN(CC(=O)Nc2cc([N+](=O)[O-])ccc2C)CC1.Cl. The highest BCUT2D eigenvalue weighted by atomic mass is 35.5. The smallest absolute Gasteiger partial charge is 0.271 e. The average Bonchev–Trinajstić information content (AvgIpc) is 2.56. The summed E-state index contributed by atoms with van der Waals surface area (Å²) in [6.45, 7) is 5.05. The van der Waals surface area contributed by atoms with Gasteiger partial charge in [-0.25, -0.2) is 0 Å². The topological polar surface area (TPSA) is 87.5 Å². The summed E-state index contributed by atoms with van der Waals surface area (Å²) in [5.74, 6) is 0.614. The van der Waals surface area contributed by atoms with E-state index in [9.17, 15) is 14.9 Å². The van der Waals surface area contributed by atoms with Crippen LogP contribution in [0, 0.1) is 23.0 Å². The predicted octanol–water partition coefficient (Wildman–Crippen LogP) is 2.59. The third kappa shape index (κ3) is 6.61. The van der Waals surface area contributed by atoms with Crippen LogP contribution in [0.1, 0.15) is 24.8 Å². The van der Waals surface area contributed by atoms with Gasteiger partial charge in [-0.1, -0.05) is 6.07 Å². The molecule has 0 saturated carbocycles. The number of aryl methyl sites for hydroxylation is 1. The van der Waals surface area contributed by atoms with Crippen molar-refractivity contribution in [1.29, 1.82) is 0 Å². The number of hydrogen-bond acceptors (Lipinski definition) is 5. The second-order valence-corrected chi connectivity index (χ2v) is 6.42. The van der Waals surface area contributed by atoms with E-state index in [1.54, 1.807) is 6.07 Å². The fourth-order valence-corrected chi connectivity index (χ4v) is 3.03. The lowest BCUT2D eigenvalue weighted by Crippen LogP contribution is -2.39. The maximum absolute atomic E-state index is 12.2. The molecule has 1 saturated heterocycles. The monoisotopic (exact) mass is 370 g/mol. The van der Waals surface area contributed by atoms with Gasteiger partial charge in [-0.15, -0.1) is 12.4 Å². The molecule has 1 amide bonds. The van der Waals surface area contributed by atoms with Gasteiger partial charge in [-0.2, -0.15) is 0 Å². The maximum atomic E-state index is 12.2. The summed E-state index contributed by atoms with van der Waals surface area (Å²) >= 11 is 0. The molecule has 1 heterocycles. The minimum Gasteiger partial charge on any atom is -0.324 e. The van der Waals surface area contributed by atoms with Crippen molar-refractivity contribution in [3.8, 4) is 0 Å². The number of hydrogen-bond donors (Lipinski definition) is 2. The molecule has 8 heteroatoms. The van der Waals surface area contributed by atoms with E-state index in [1.807, 2.05) is 14.0 Å². The van der Waals surface area contributed by atoms with E-state index in [0.29, 0.717) is 12.2 Å². The first-order chi connectivity index (χ1) is 11.5. The average molecular weight is 371 g/mol. The van der Waals surface area contributed by atoms with E-state index < -0.39 is 4.92 Å². The van der Waals surface area contributed by atoms with Crippen LogP contribution in [-0.4, -0.2) is 49.0 Å². The van der Waals surface area contributed by atoms with Crippen LogP contribution in [0.25, 0.3) is 0 Å². The zero-order valence-electron chi connectivity index (χ0n) is 14.8. The molecule has 0 atom stereocenters. The van der Waals surface area contributed by atoms with Gasteiger partial charge in [0.15, 0.2) is 0 Å². The second kappa shape index (κ2) is 10.3. The quantitative estimate of drug-likeness (QED) is 0.569. The lowest BCUT2D eigenvalue weighted by molar-refractivity contribution is -0.384. The number of amides is 1. The molecule has 140 valence electrons. The Morgan fingerprint density at radius 2 is 2.04 bits per heavy atom.